The number of carbonyl (C=O) groups is 1. The monoisotopic (exact) mass is 341 g/mol. The first-order valence-electron chi connectivity index (χ1n) is 6.12. The fourth-order valence-electron chi connectivity index (χ4n) is 2.18. The lowest BCUT2D eigenvalue weighted by Gasteiger charge is -2.31. The van der Waals surface area contributed by atoms with E-state index in [1.807, 2.05) is 0 Å². The third-order valence-corrected chi connectivity index (χ3v) is 4.24. The average molecular weight is 343 g/mol. The molecule has 0 aliphatic carbocycles. The van der Waals surface area contributed by atoms with Gasteiger partial charge in [-0.15, -0.1) is 12.4 Å². The van der Waals surface area contributed by atoms with Gasteiger partial charge in [0.2, 0.25) is 0 Å². The molecule has 0 unspecified atom stereocenters. The molecule has 1 fully saturated rings. The molecule has 20 heavy (non-hydrogen) atoms. The van der Waals surface area contributed by atoms with E-state index in [0.29, 0.717) is 21.4 Å². The molecule has 3 N–H and O–H groups in total. The van der Waals surface area contributed by atoms with E-state index >= 15 is 0 Å². The Labute approximate surface area is 134 Å². The Kier molecular flexibility index (Phi) is 6.61. The van der Waals surface area contributed by atoms with Crippen molar-refractivity contribution in [3.8, 4) is 0 Å². The summed E-state index contributed by atoms with van der Waals surface area (Å²) in [6.45, 7) is 3.34. The average Bonchev–Trinajstić information content (AvgIpc) is 2.67. The topological polar surface area (TPSA) is 66.2 Å². The van der Waals surface area contributed by atoms with Gasteiger partial charge in [-0.25, -0.2) is 0 Å². The Morgan fingerprint density at radius 3 is 2.70 bits per heavy atom. The summed E-state index contributed by atoms with van der Waals surface area (Å²) in [5.74, 6) is -0.256. The zero-order valence-corrected chi connectivity index (χ0v) is 13.6. The van der Waals surface area contributed by atoms with Crippen LogP contribution < -0.4 is 10.6 Å². The largest absolute Gasteiger partial charge is 0.378 e. The molecule has 1 amide bonds. The third-order valence-electron chi connectivity index (χ3n) is 3.39. The fraction of sp³-hybridized carbons (Fsp3) is 0.583. The molecule has 1 aliphatic rings. The van der Waals surface area contributed by atoms with Gasteiger partial charge in [0, 0.05) is 19.2 Å². The van der Waals surface area contributed by atoms with Crippen LogP contribution in [0.4, 0.5) is 0 Å². The highest BCUT2D eigenvalue weighted by Gasteiger charge is 2.28. The molecule has 0 radical (unpaired) electrons. The van der Waals surface area contributed by atoms with Gasteiger partial charge >= 0.3 is 0 Å². The van der Waals surface area contributed by atoms with Crippen LogP contribution in [0.5, 0.6) is 0 Å². The van der Waals surface area contributed by atoms with Crippen LogP contribution in [0.15, 0.2) is 0 Å². The molecule has 0 spiro atoms. The highest BCUT2D eigenvalue weighted by molar-refractivity contribution is 6.38. The lowest BCUT2D eigenvalue weighted by molar-refractivity contribution is 0.0475. The van der Waals surface area contributed by atoms with E-state index in [1.165, 1.54) is 0 Å². The Morgan fingerprint density at radius 1 is 1.45 bits per heavy atom. The van der Waals surface area contributed by atoms with Gasteiger partial charge in [-0.2, -0.15) is 0 Å². The zero-order chi connectivity index (χ0) is 14.0. The quantitative estimate of drug-likeness (QED) is 0.788. The summed E-state index contributed by atoms with van der Waals surface area (Å²) >= 11 is 12.0. The van der Waals surface area contributed by atoms with E-state index in [1.54, 1.807) is 14.0 Å². The number of halogens is 3. The lowest BCUT2D eigenvalue weighted by Crippen LogP contribution is -2.53. The molecule has 0 aromatic carbocycles. The summed E-state index contributed by atoms with van der Waals surface area (Å²) in [7, 11) is 1.64. The first kappa shape index (κ1) is 17.6. The maximum atomic E-state index is 12.2. The molecule has 114 valence electrons. The van der Waals surface area contributed by atoms with Crippen LogP contribution in [0, 0.1) is 6.92 Å². The minimum absolute atomic E-state index is 0. The van der Waals surface area contributed by atoms with Crippen LogP contribution in [0.3, 0.4) is 0 Å². The third kappa shape index (κ3) is 3.59. The van der Waals surface area contributed by atoms with E-state index in [9.17, 15) is 4.79 Å². The van der Waals surface area contributed by atoms with Gasteiger partial charge in [0.15, 0.2) is 0 Å². The van der Waals surface area contributed by atoms with Crippen molar-refractivity contribution < 1.29 is 9.53 Å². The number of aromatic amines is 1. The van der Waals surface area contributed by atoms with Gasteiger partial charge < -0.3 is 20.4 Å². The molecule has 2 rings (SSSR count). The predicted octanol–water partition coefficient (Wildman–Crippen LogP) is 2.16. The van der Waals surface area contributed by atoms with Gasteiger partial charge in [0.05, 0.1) is 17.2 Å². The number of hydrogen-bond donors (Lipinski definition) is 3. The number of rotatable bonds is 3. The van der Waals surface area contributed by atoms with Gasteiger partial charge in [-0.3, -0.25) is 4.79 Å². The van der Waals surface area contributed by atoms with Gasteiger partial charge in [-0.1, -0.05) is 23.2 Å². The van der Waals surface area contributed by atoms with Crippen molar-refractivity contribution in [2.75, 3.05) is 20.2 Å². The van der Waals surface area contributed by atoms with Crippen LogP contribution in [0.25, 0.3) is 0 Å². The summed E-state index contributed by atoms with van der Waals surface area (Å²) in [5, 5.41) is 6.92. The van der Waals surface area contributed by atoms with Crippen LogP contribution in [-0.4, -0.2) is 43.2 Å². The number of methoxy groups -OCH3 is 1. The SMILES string of the molecule is CO[C@H]1CNCC[C@H]1NC(=O)c1[nH]c(Cl)c(C)c1Cl.Cl. The number of ether oxygens (including phenoxy) is 1. The molecule has 2 atom stereocenters. The molecule has 1 aliphatic heterocycles. The number of piperidine rings is 1. The van der Waals surface area contributed by atoms with Crippen LogP contribution in [0.2, 0.25) is 10.2 Å². The van der Waals surface area contributed by atoms with Gasteiger partial charge in [0.1, 0.15) is 10.8 Å². The number of amides is 1. The van der Waals surface area contributed by atoms with E-state index in [0.717, 1.165) is 19.5 Å². The number of aromatic nitrogens is 1. The molecule has 0 bridgehead atoms. The van der Waals surface area contributed by atoms with Crippen molar-refractivity contribution in [3.05, 3.63) is 21.4 Å². The highest BCUT2D eigenvalue weighted by atomic mass is 35.5. The molecule has 1 aromatic heterocycles. The second-order valence-electron chi connectivity index (χ2n) is 4.60. The smallest absolute Gasteiger partial charge is 0.269 e. The zero-order valence-electron chi connectivity index (χ0n) is 11.3. The Bertz CT molecular complexity index is 479. The van der Waals surface area contributed by atoms with Gasteiger partial charge in [-0.05, 0) is 19.9 Å². The van der Waals surface area contributed by atoms with E-state index in [2.05, 4.69) is 15.6 Å². The molecular formula is C12H18Cl3N3O2. The van der Waals surface area contributed by atoms with Crippen molar-refractivity contribution in [2.24, 2.45) is 0 Å². The summed E-state index contributed by atoms with van der Waals surface area (Å²) in [6, 6.07) is -0.0304. The van der Waals surface area contributed by atoms with Gasteiger partial charge in [0.25, 0.3) is 5.91 Å². The summed E-state index contributed by atoms with van der Waals surface area (Å²) in [5.41, 5.74) is 0.986. The standard InChI is InChI=1S/C12H17Cl2N3O2.ClH/c1-6-9(13)10(17-11(6)14)12(18)16-7-3-4-15-5-8(7)19-2;/h7-8,15,17H,3-5H2,1-2H3,(H,16,18);1H/t7-,8+;/m1./s1. The number of nitrogens with one attached hydrogen (secondary N) is 3. The number of H-pyrrole nitrogens is 1. The van der Waals surface area contributed by atoms with E-state index < -0.39 is 0 Å². The number of hydrogen-bond acceptors (Lipinski definition) is 3. The maximum absolute atomic E-state index is 12.2. The lowest BCUT2D eigenvalue weighted by atomic mass is 10.0. The second-order valence-corrected chi connectivity index (χ2v) is 5.36. The Hall–Kier alpha value is -0.460. The first-order chi connectivity index (χ1) is 9.04. The summed E-state index contributed by atoms with van der Waals surface area (Å²) < 4.78 is 5.35. The second kappa shape index (κ2) is 7.52. The summed E-state index contributed by atoms with van der Waals surface area (Å²) in [6.07, 6.45) is 0.776. The molecule has 5 nitrogen and oxygen atoms in total. The fourth-order valence-corrected chi connectivity index (χ4v) is 2.65. The molecular weight excluding hydrogens is 325 g/mol. The minimum Gasteiger partial charge on any atom is -0.378 e. The molecule has 8 heteroatoms. The number of carbonyl (C=O) groups excluding carboxylic acids is 1. The van der Waals surface area contributed by atoms with Crippen molar-refractivity contribution in [1.82, 2.24) is 15.6 Å². The Balaban J connectivity index is 0.00000200. The Morgan fingerprint density at radius 2 is 2.15 bits per heavy atom. The molecule has 2 heterocycles. The minimum atomic E-state index is -0.256. The van der Waals surface area contributed by atoms with Crippen molar-refractivity contribution in [2.45, 2.75) is 25.5 Å². The predicted molar refractivity (Wildman–Crippen MR) is 82.3 cm³/mol. The van der Waals surface area contributed by atoms with Crippen LogP contribution in [-0.2, 0) is 4.74 Å². The highest BCUT2D eigenvalue weighted by Crippen LogP contribution is 2.27. The maximum Gasteiger partial charge on any atom is 0.269 e. The first-order valence-corrected chi connectivity index (χ1v) is 6.88. The van der Waals surface area contributed by atoms with Crippen molar-refractivity contribution in [3.63, 3.8) is 0 Å². The normalized spacial score (nSPS) is 22.2. The molecule has 1 saturated heterocycles. The van der Waals surface area contributed by atoms with Crippen molar-refractivity contribution >= 4 is 41.5 Å². The van der Waals surface area contributed by atoms with E-state index in [4.69, 9.17) is 27.9 Å². The van der Waals surface area contributed by atoms with Crippen LogP contribution >= 0.6 is 35.6 Å². The molecule has 1 aromatic rings. The summed E-state index contributed by atoms with van der Waals surface area (Å²) in [4.78, 5) is 15.0. The van der Waals surface area contributed by atoms with Crippen molar-refractivity contribution in [1.29, 1.82) is 0 Å². The molecule has 0 saturated carbocycles. The van der Waals surface area contributed by atoms with Crippen LogP contribution in [0.1, 0.15) is 22.5 Å². The van der Waals surface area contributed by atoms with E-state index in [-0.39, 0.29) is 30.5 Å².